The van der Waals surface area contributed by atoms with Crippen LogP contribution >= 0.6 is 0 Å². The number of fused-ring (bicyclic) bond motifs is 4. The van der Waals surface area contributed by atoms with Crippen LogP contribution in [0.1, 0.15) is 85.0 Å². The third-order valence-corrected chi connectivity index (χ3v) is 13.2. The predicted octanol–water partition coefficient (Wildman–Crippen LogP) is 3.22. The smallest absolute Gasteiger partial charge is 0.165 e. The minimum absolute atomic E-state index is 0.0109. The fraction of sp³-hybridized carbons (Fsp3) is 0.967. The molecule has 0 aromatic carbocycles. The number of carbonyl (C=O) groups is 1. The number of ketones is 1. The van der Waals surface area contributed by atoms with Gasteiger partial charge in [0.05, 0.1) is 31.5 Å². The van der Waals surface area contributed by atoms with Crippen molar-refractivity contribution in [1.29, 1.82) is 0 Å². The number of aliphatic hydroxyl groups excluding tert-OH is 3. The predicted molar refractivity (Wildman–Crippen MR) is 134 cm³/mol. The molecule has 0 radical (unpaired) electrons. The molecule has 7 nitrogen and oxygen atoms in total. The largest absolute Gasteiger partial charge is 0.394 e. The summed E-state index contributed by atoms with van der Waals surface area (Å²) in [6, 6.07) is 0. The number of hydrogen-bond acceptors (Lipinski definition) is 7. The van der Waals surface area contributed by atoms with E-state index in [1.807, 2.05) is 0 Å². The number of hydrogen-bond donors (Lipinski definition) is 3. The van der Waals surface area contributed by atoms with Gasteiger partial charge in [0.15, 0.2) is 12.1 Å². The van der Waals surface area contributed by atoms with Crippen LogP contribution in [0.3, 0.4) is 0 Å². The van der Waals surface area contributed by atoms with Crippen LogP contribution in [0.25, 0.3) is 0 Å². The molecule has 208 valence electrons. The van der Waals surface area contributed by atoms with Gasteiger partial charge in [0.25, 0.3) is 0 Å². The fourth-order valence-electron chi connectivity index (χ4n) is 11.4. The Balaban J connectivity index is 1.12. The zero-order chi connectivity index (χ0) is 26.0. The lowest BCUT2D eigenvalue weighted by Crippen LogP contribution is -2.56. The maximum Gasteiger partial charge on any atom is 0.165 e. The highest BCUT2D eigenvalue weighted by Crippen LogP contribution is 2.87. The average Bonchev–Trinajstić information content (AvgIpc) is 3.49. The number of rotatable bonds is 3. The summed E-state index contributed by atoms with van der Waals surface area (Å²) in [5.41, 5.74) is 0.618. The maximum absolute atomic E-state index is 14.0. The first-order chi connectivity index (χ1) is 17.6. The Morgan fingerprint density at radius 3 is 2.49 bits per heavy atom. The Labute approximate surface area is 220 Å². The van der Waals surface area contributed by atoms with Gasteiger partial charge in [-0.15, -0.1) is 0 Å². The van der Waals surface area contributed by atoms with Gasteiger partial charge in [-0.25, -0.2) is 0 Å². The van der Waals surface area contributed by atoms with Crippen molar-refractivity contribution in [3.05, 3.63) is 0 Å². The van der Waals surface area contributed by atoms with Gasteiger partial charge in [-0.1, -0.05) is 20.8 Å². The lowest BCUT2D eigenvalue weighted by atomic mass is 9.46. The van der Waals surface area contributed by atoms with E-state index in [1.165, 1.54) is 12.8 Å². The average molecular weight is 519 g/mol. The van der Waals surface area contributed by atoms with Crippen LogP contribution in [-0.4, -0.2) is 71.1 Å². The molecule has 3 N–H and O–H groups in total. The fourth-order valence-corrected chi connectivity index (χ4v) is 11.4. The summed E-state index contributed by atoms with van der Waals surface area (Å²) in [5, 5.41) is 29.7. The Morgan fingerprint density at radius 2 is 1.73 bits per heavy atom. The van der Waals surface area contributed by atoms with E-state index in [2.05, 4.69) is 20.8 Å². The molecule has 7 rings (SSSR count). The molecule has 37 heavy (non-hydrogen) atoms. The monoisotopic (exact) mass is 518 g/mol. The zero-order valence-electron chi connectivity index (χ0n) is 22.7. The first-order valence-corrected chi connectivity index (χ1v) is 15.0. The third-order valence-electron chi connectivity index (χ3n) is 13.2. The van der Waals surface area contributed by atoms with Gasteiger partial charge in [0.2, 0.25) is 0 Å². The van der Waals surface area contributed by atoms with Gasteiger partial charge in [-0.3, -0.25) is 4.79 Å². The third kappa shape index (κ3) is 3.25. The Hall–Kier alpha value is -0.570. The van der Waals surface area contributed by atoms with Gasteiger partial charge in [0.1, 0.15) is 12.2 Å². The second-order valence-electron chi connectivity index (χ2n) is 14.8. The van der Waals surface area contributed by atoms with E-state index >= 15 is 0 Å². The molecule has 2 heterocycles. The summed E-state index contributed by atoms with van der Waals surface area (Å²) < 4.78 is 18.5. The molecule has 0 bridgehead atoms. The molecule has 0 amide bonds. The van der Waals surface area contributed by atoms with Crippen LogP contribution in [0.5, 0.6) is 0 Å². The molecule has 2 saturated heterocycles. The first-order valence-electron chi connectivity index (χ1n) is 15.0. The van der Waals surface area contributed by atoms with E-state index in [0.717, 1.165) is 44.9 Å². The molecule has 13 atom stereocenters. The second-order valence-corrected chi connectivity index (χ2v) is 14.8. The van der Waals surface area contributed by atoms with Gasteiger partial charge in [-0.2, -0.15) is 0 Å². The number of Topliss-reactive ketones (excluding diaryl/α,β-unsaturated/α-hetero) is 1. The summed E-state index contributed by atoms with van der Waals surface area (Å²) in [6.45, 7) is 7.26. The van der Waals surface area contributed by atoms with Gasteiger partial charge in [0, 0.05) is 12.3 Å². The minimum atomic E-state index is -0.830. The molecule has 13 unspecified atom stereocenters. The number of ether oxygens (including phenoxy) is 3. The molecule has 0 aromatic rings. The van der Waals surface area contributed by atoms with E-state index in [9.17, 15) is 20.1 Å². The molecule has 2 spiro atoms. The standard InChI is InChI=1S/C30H46O7/c1-27(2)21-7-6-17-24-25(34)26-18(5-4-16(13-31)36-26)28(24,3)10-11-29(17)15-30(21,29)9-8-22(27)37-23-12-19(32)20(33)14-35-23/h16-24,26,31-33H,4-15H2,1-3H3. The van der Waals surface area contributed by atoms with Crippen molar-refractivity contribution in [2.75, 3.05) is 13.2 Å². The van der Waals surface area contributed by atoms with E-state index < -0.39 is 18.5 Å². The second kappa shape index (κ2) is 8.23. The molecule has 5 aliphatic carbocycles. The van der Waals surface area contributed by atoms with Gasteiger partial charge in [-0.05, 0) is 97.2 Å². The molecule has 0 aromatic heterocycles. The molecule has 2 aliphatic heterocycles. The van der Waals surface area contributed by atoms with Gasteiger partial charge >= 0.3 is 0 Å². The van der Waals surface area contributed by atoms with Crippen molar-refractivity contribution in [3.63, 3.8) is 0 Å². The highest BCUT2D eigenvalue weighted by molar-refractivity contribution is 5.90. The van der Waals surface area contributed by atoms with Crippen molar-refractivity contribution >= 4 is 5.78 Å². The summed E-state index contributed by atoms with van der Waals surface area (Å²) in [4.78, 5) is 14.0. The van der Waals surface area contributed by atoms with E-state index in [0.29, 0.717) is 35.4 Å². The van der Waals surface area contributed by atoms with Crippen LogP contribution in [0, 0.1) is 45.3 Å². The SMILES string of the molecule is CC1(C)C(OC2CC(O)C(O)CO2)CCC23CC24CCC2(C)C5CCC(CO)OC5C(=O)C2C4CCC13. The number of aliphatic hydroxyl groups is 3. The summed E-state index contributed by atoms with van der Waals surface area (Å²) in [6.07, 6.45) is 7.68. The van der Waals surface area contributed by atoms with Crippen molar-refractivity contribution in [1.82, 2.24) is 0 Å². The first kappa shape index (κ1) is 25.4. The normalized spacial score (nSPS) is 57.9. The topological polar surface area (TPSA) is 105 Å². The molecule has 5 saturated carbocycles. The van der Waals surface area contributed by atoms with E-state index in [1.54, 1.807) is 0 Å². The highest BCUT2D eigenvalue weighted by atomic mass is 16.7. The quantitative estimate of drug-likeness (QED) is 0.493. The Morgan fingerprint density at radius 1 is 0.946 bits per heavy atom. The molecular formula is C30H46O7. The molecule has 7 fully saturated rings. The van der Waals surface area contributed by atoms with Crippen molar-refractivity contribution in [2.24, 2.45) is 45.3 Å². The van der Waals surface area contributed by atoms with E-state index in [-0.39, 0.29) is 53.7 Å². The molecule has 7 aliphatic rings. The van der Waals surface area contributed by atoms with Crippen LogP contribution in [0.2, 0.25) is 0 Å². The van der Waals surface area contributed by atoms with E-state index in [4.69, 9.17) is 14.2 Å². The van der Waals surface area contributed by atoms with Crippen LogP contribution in [0.4, 0.5) is 0 Å². The lowest BCUT2D eigenvalue weighted by Gasteiger charge is -2.59. The molecular weight excluding hydrogens is 472 g/mol. The molecule has 7 heteroatoms. The zero-order valence-corrected chi connectivity index (χ0v) is 22.7. The maximum atomic E-state index is 14.0. The van der Waals surface area contributed by atoms with Gasteiger partial charge < -0.3 is 29.5 Å². The minimum Gasteiger partial charge on any atom is -0.394 e. The number of carbonyl (C=O) groups excluding carboxylic acids is 1. The summed E-state index contributed by atoms with van der Waals surface area (Å²) in [7, 11) is 0. The summed E-state index contributed by atoms with van der Waals surface area (Å²) >= 11 is 0. The van der Waals surface area contributed by atoms with Crippen molar-refractivity contribution < 1.29 is 34.3 Å². The van der Waals surface area contributed by atoms with Crippen molar-refractivity contribution in [2.45, 2.75) is 122 Å². The Bertz CT molecular complexity index is 952. The summed E-state index contributed by atoms with van der Waals surface area (Å²) in [5.74, 6) is 1.79. The van der Waals surface area contributed by atoms with Crippen LogP contribution in [0.15, 0.2) is 0 Å². The van der Waals surface area contributed by atoms with Crippen LogP contribution in [-0.2, 0) is 19.0 Å². The van der Waals surface area contributed by atoms with Crippen LogP contribution < -0.4 is 0 Å². The highest BCUT2D eigenvalue weighted by Gasteiger charge is 2.81. The Kier molecular flexibility index (Phi) is 5.65. The lowest BCUT2D eigenvalue weighted by molar-refractivity contribution is -0.263. The van der Waals surface area contributed by atoms with Crippen molar-refractivity contribution in [3.8, 4) is 0 Å².